The van der Waals surface area contributed by atoms with Crippen LogP contribution in [0, 0.1) is 0 Å². The molecule has 0 aliphatic rings. The van der Waals surface area contributed by atoms with E-state index in [9.17, 15) is 14.4 Å². The van der Waals surface area contributed by atoms with E-state index in [1.807, 2.05) is 0 Å². The maximum absolute atomic E-state index is 10.3. The number of hydrogen-bond acceptors (Lipinski definition) is 4. The molecule has 0 saturated carbocycles. The Balaban J connectivity index is 0.00000112. The van der Waals surface area contributed by atoms with Gasteiger partial charge in [0.1, 0.15) is 7.82 Å². The number of fused-ring (bicyclic) bond motifs is 1. The Hall–Kier alpha value is 1.98. The first-order valence-electron chi connectivity index (χ1n) is 3.84. The minimum atomic E-state index is -4.97. The number of H-pyrrole nitrogens is 1. The third-order valence-corrected chi connectivity index (χ3v) is 2.14. The summed E-state index contributed by atoms with van der Waals surface area (Å²) >= 11 is 0. The van der Waals surface area contributed by atoms with Crippen molar-refractivity contribution in [3.63, 3.8) is 0 Å². The SMILES string of the molecule is O=P([O-])([O-])Oc1cc2ccccc2[nH]1.[K+].[K+]. The van der Waals surface area contributed by atoms with Crippen LogP contribution in [0.4, 0.5) is 0 Å². The van der Waals surface area contributed by atoms with Crippen molar-refractivity contribution in [2.24, 2.45) is 0 Å². The molecular weight excluding hydrogens is 283 g/mol. The zero-order valence-electron chi connectivity index (χ0n) is 8.97. The van der Waals surface area contributed by atoms with Gasteiger partial charge in [0.15, 0.2) is 5.88 Å². The molecule has 1 aromatic heterocycles. The van der Waals surface area contributed by atoms with E-state index in [0.717, 1.165) is 10.9 Å². The van der Waals surface area contributed by atoms with Crippen molar-refractivity contribution in [1.82, 2.24) is 4.98 Å². The summed E-state index contributed by atoms with van der Waals surface area (Å²) in [5.74, 6) is -0.0560. The number of rotatable bonds is 2. The summed E-state index contributed by atoms with van der Waals surface area (Å²) in [7, 11) is -4.97. The smallest absolute Gasteiger partial charge is 0.780 e. The topological polar surface area (TPSA) is 88.2 Å². The number of para-hydroxylation sites is 1. The van der Waals surface area contributed by atoms with Gasteiger partial charge in [-0.3, -0.25) is 0 Å². The van der Waals surface area contributed by atoms with Crippen LogP contribution in [-0.4, -0.2) is 4.98 Å². The molecule has 0 unspecified atom stereocenters. The predicted molar refractivity (Wildman–Crippen MR) is 46.5 cm³/mol. The van der Waals surface area contributed by atoms with Gasteiger partial charge in [0.2, 0.25) is 0 Å². The van der Waals surface area contributed by atoms with E-state index in [-0.39, 0.29) is 109 Å². The van der Waals surface area contributed by atoms with E-state index in [2.05, 4.69) is 9.51 Å². The van der Waals surface area contributed by atoms with Crippen molar-refractivity contribution in [3.8, 4) is 5.88 Å². The second-order valence-corrected chi connectivity index (χ2v) is 3.84. The monoisotopic (exact) mass is 289 g/mol. The average molecular weight is 289 g/mol. The van der Waals surface area contributed by atoms with Gasteiger partial charge in [0.25, 0.3) is 0 Å². The molecule has 5 nitrogen and oxygen atoms in total. The van der Waals surface area contributed by atoms with Crippen LogP contribution >= 0.6 is 7.82 Å². The van der Waals surface area contributed by atoms with Gasteiger partial charge >= 0.3 is 103 Å². The van der Waals surface area contributed by atoms with E-state index in [1.165, 1.54) is 6.07 Å². The van der Waals surface area contributed by atoms with Crippen LogP contribution in [0.1, 0.15) is 0 Å². The second-order valence-electron chi connectivity index (χ2n) is 2.76. The van der Waals surface area contributed by atoms with Gasteiger partial charge in [-0.2, -0.15) is 0 Å². The number of phosphoric ester groups is 1. The van der Waals surface area contributed by atoms with Crippen LogP contribution in [0.15, 0.2) is 30.3 Å². The van der Waals surface area contributed by atoms with Crippen molar-refractivity contribution in [3.05, 3.63) is 30.3 Å². The zero-order chi connectivity index (χ0) is 10.2. The molecule has 0 aliphatic heterocycles. The molecule has 0 spiro atoms. The van der Waals surface area contributed by atoms with Crippen LogP contribution in [-0.2, 0) is 4.57 Å². The van der Waals surface area contributed by atoms with Crippen LogP contribution in [0.5, 0.6) is 5.88 Å². The number of nitrogens with one attached hydrogen (secondary N) is 1. The van der Waals surface area contributed by atoms with E-state index in [1.54, 1.807) is 24.3 Å². The molecule has 8 heteroatoms. The van der Waals surface area contributed by atoms with Gasteiger partial charge < -0.3 is 23.9 Å². The molecule has 74 valence electrons. The Kier molecular flexibility index (Phi) is 8.48. The first-order chi connectivity index (χ1) is 6.54. The van der Waals surface area contributed by atoms with Crippen LogP contribution in [0.2, 0.25) is 0 Å². The fraction of sp³-hybridized carbons (Fsp3) is 0. The summed E-state index contributed by atoms with van der Waals surface area (Å²) in [4.78, 5) is 23.3. The number of hydrogen-bond donors (Lipinski definition) is 1. The minimum Gasteiger partial charge on any atom is -0.780 e. The molecule has 0 saturated heterocycles. The molecule has 0 fully saturated rings. The maximum atomic E-state index is 10.3. The largest absolute Gasteiger partial charge is 1.00 e. The van der Waals surface area contributed by atoms with Crippen LogP contribution in [0.3, 0.4) is 0 Å². The Bertz CT molecular complexity index is 476. The van der Waals surface area contributed by atoms with Gasteiger partial charge in [-0.1, -0.05) is 18.2 Å². The second kappa shape index (κ2) is 7.54. The first-order valence-corrected chi connectivity index (χ1v) is 5.30. The molecule has 1 heterocycles. The van der Waals surface area contributed by atoms with Crippen molar-refractivity contribution in [2.75, 3.05) is 0 Å². The van der Waals surface area contributed by atoms with E-state index in [4.69, 9.17) is 0 Å². The Labute approximate surface area is 177 Å². The molecule has 16 heavy (non-hydrogen) atoms. The van der Waals surface area contributed by atoms with Crippen molar-refractivity contribution in [1.29, 1.82) is 0 Å². The molecule has 0 radical (unpaired) electrons. The van der Waals surface area contributed by atoms with E-state index in [0.29, 0.717) is 0 Å². The summed E-state index contributed by atoms with van der Waals surface area (Å²) < 4.78 is 14.5. The Morgan fingerprint density at radius 2 is 1.81 bits per heavy atom. The Morgan fingerprint density at radius 3 is 2.38 bits per heavy atom. The summed E-state index contributed by atoms with van der Waals surface area (Å²) in [5, 5.41) is 0.788. The van der Waals surface area contributed by atoms with E-state index < -0.39 is 7.82 Å². The zero-order valence-corrected chi connectivity index (χ0v) is 16.1. The number of aromatic nitrogens is 1. The van der Waals surface area contributed by atoms with Crippen LogP contribution in [0.25, 0.3) is 10.9 Å². The average Bonchev–Trinajstić information content (AvgIpc) is 2.42. The third kappa shape index (κ3) is 5.31. The molecule has 0 aliphatic carbocycles. The molecule has 0 atom stereocenters. The van der Waals surface area contributed by atoms with E-state index >= 15 is 0 Å². The summed E-state index contributed by atoms with van der Waals surface area (Å²) in [6.07, 6.45) is 0. The molecule has 0 amide bonds. The van der Waals surface area contributed by atoms with Gasteiger partial charge in [0.05, 0.1) is 0 Å². The van der Waals surface area contributed by atoms with Gasteiger partial charge in [0, 0.05) is 17.0 Å². The third-order valence-electron chi connectivity index (χ3n) is 1.72. The predicted octanol–water partition coefficient (Wildman–Crippen LogP) is -5.62. The van der Waals surface area contributed by atoms with Gasteiger partial charge in [-0.15, -0.1) is 0 Å². The normalized spacial score (nSPS) is 10.4. The van der Waals surface area contributed by atoms with Crippen molar-refractivity contribution >= 4 is 18.7 Å². The summed E-state index contributed by atoms with van der Waals surface area (Å²) in [6.45, 7) is 0. The minimum absolute atomic E-state index is 0. The molecule has 2 aromatic rings. The molecule has 0 bridgehead atoms. The van der Waals surface area contributed by atoms with Crippen molar-refractivity contribution < 1.29 is 122 Å². The number of aromatic amines is 1. The number of phosphoric acid groups is 1. The molecule has 2 rings (SSSR count). The van der Waals surface area contributed by atoms with Crippen LogP contribution < -0.4 is 117 Å². The number of benzene rings is 1. The fourth-order valence-electron chi connectivity index (χ4n) is 1.22. The maximum Gasteiger partial charge on any atom is 1.00 e. The fourth-order valence-corrected chi connectivity index (χ4v) is 1.56. The summed E-state index contributed by atoms with van der Waals surface area (Å²) in [5.41, 5.74) is 0.718. The molecular formula is C8H6K2NO4P. The Morgan fingerprint density at radius 1 is 1.19 bits per heavy atom. The van der Waals surface area contributed by atoms with Gasteiger partial charge in [-0.05, 0) is 6.07 Å². The van der Waals surface area contributed by atoms with Gasteiger partial charge in [-0.25, -0.2) is 0 Å². The quantitative estimate of drug-likeness (QED) is 0.441. The van der Waals surface area contributed by atoms with Crippen molar-refractivity contribution in [2.45, 2.75) is 0 Å². The first kappa shape index (κ1) is 18.0. The standard InChI is InChI=1S/C8H8NO4P.2K/c10-14(11,12)13-8-5-6-3-1-2-4-7(6)9-8;;/h1-5,9H,(H2,10,11,12);;/q;2*+1/p-2. The molecule has 1 aromatic carbocycles. The molecule has 1 N–H and O–H groups in total. The summed E-state index contributed by atoms with van der Waals surface area (Å²) in [6, 6.07) is 8.57.